The van der Waals surface area contributed by atoms with E-state index in [2.05, 4.69) is 4.18 Å². The molecule has 0 amide bonds. The van der Waals surface area contributed by atoms with E-state index in [1.54, 1.807) is 20.8 Å². The molecule has 118 valence electrons. The molecule has 0 bridgehead atoms. The van der Waals surface area contributed by atoms with Gasteiger partial charge in [-0.25, -0.2) is 0 Å². The predicted octanol–water partition coefficient (Wildman–Crippen LogP) is 3.42. The van der Waals surface area contributed by atoms with Gasteiger partial charge in [-0.2, -0.15) is 21.6 Å². The number of carbonyl (C=O) groups is 1. The van der Waals surface area contributed by atoms with Crippen LogP contribution in [-0.4, -0.2) is 19.7 Å². The molecule has 0 unspecified atom stereocenters. The average Bonchev–Trinajstić information content (AvgIpc) is 2.25. The summed E-state index contributed by atoms with van der Waals surface area (Å²) in [6, 6.07) is 3.61. The fraction of sp³-hybridized carbons (Fsp3) is 0.462. The molecule has 0 aromatic heterocycles. The molecule has 1 aromatic rings. The predicted molar refractivity (Wildman–Crippen MR) is 70.7 cm³/mol. The SMILES string of the molecule is CC(=O)c1ccc(OS(=O)(=O)C(F)(F)F)c(C(C)(C)C)c1. The van der Waals surface area contributed by atoms with Crippen LogP contribution in [0.1, 0.15) is 43.6 Å². The molecule has 21 heavy (non-hydrogen) atoms. The Morgan fingerprint density at radius 1 is 1.14 bits per heavy atom. The number of rotatable bonds is 3. The largest absolute Gasteiger partial charge is 0.534 e. The number of alkyl halides is 3. The molecule has 0 aliphatic carbocycles. The number of hydrogen-bond acceptors (Lipinski definition) is 4. The number of benzene rings is 1. The molecule has 8 heteroatoms. The maximum Gasteiger partial charge on any atom is 0.534 e. The molecule has 0 N–H and O–H groups in total. The minimum Gasteiger partial charge on any atom is -0.376 e. The van der Waals surface area contributed by atoms with Gasteiger partial charge in [-0.3, -0.25) is 4.79 Å². The van der Waals surface area contributed by atoms with Gasteiger partial charge in [-0.15, -0.1) is 0 Å². The van der Waals surface area contributed by atoms with Crippen molar-refractivity contribution in [2.24, 2.45) is 0 Å². The molecule has 1 rings (SSSR count). The Labute approximate surface area is 121 Å². The van der Waals surface area contributed by atoms with Gasteiger partial charge in [0.05, 0.1) is 0 Å². The Hall–Kier alpha value is -1.57. The molecule has 0 saturated carbocycles. The number of ketones is 1. The Bertz CT molecular complexity index is 655. The molecule has 0 atom stereocenters. The third kappa shape index (κ3) is 3.96. The molecule has 0 saturated heterocycles. The molecule has 1 aromatic carbocycles. The smallest absolute Gasteiger partial charge is 0.376 e. The lowest BCUT2D eigenvalue weighted by atomic mass is 9.85. The van der Waals surface area contributed by atoms with Crippen LogP contribution in [0.2, 0.25) is 0 Å². The van der Waals surface area contributed by atoms with Gasteiger partial charge >= 0.3 is 15.6 Å². The summed E-state index contributed by atoms with van der Waals surface area (Å²) in [4.78, 5) is 11.3. The zero-order valence-corrected chi connectivity index (χ0v) is 12.7. The van der Waals surface area contributed by atoms with Gasteiger partial charge in [0.25, 0.3) is 0 Å². The summed E-state index contributed by atoms with van der Waals surface area (Å²) >= 11 is 0. The molecule has 0 aliphatic heterocycles. The van der Waals surface area contributed by atoms with Gasteiger partial charge in [0.2, 0.25) is 0 Å². The Kier molecular flexibility index (Phi) is 4.43. The van der Waals surface area contributed by atoms with Crippen LogP contribution >= 0.6 is 0 Å². The van der Waals surface area contributed by atoms with Crippen LogP contribution in [0.4, 0.5) is 13.2 Å². The van der Waals surface area contributed by atoms with Crippen LogP contribution < -0.4 is 4.18 Å². The van der Waals surface area contributed by atoms with E-state index in [1.807, 2.05) is 0 Å². The van der Waals surface area contributed by atoms with Gasteiger partial charge in [0, 0.05) is 11.1 Å². The molecule has 4 nitrogen and oxygen atoms in total. The third-order valence-corrected chi connectivity index (χ3v) is 3.64. The highest BCUT2D eigenvalue weighted by Gasteiger charge is 2.49. The van der Waals surface area contributed by atoms with Crippen molar-refractivity contribution in [3.05, 3.63) is 29.3 Å². The third-order valence-electron chi connectivity index (χ3n) is 2.68. The van der Waals surface area contributed by atoms with Gasteiger partial charge in [0.1, 0.15) is 5.75 Å². The quantitative estimate of drug-likeness (QED) is 0.486. The maximum atomic E-state index is 12.4. The lowest BCUT2D eigenvalue weighted by molar-refractivity contribution is -0.0500. The molecule has 0 fully saturated rings. The fourth-order valence-electron chi connectivity index (χ4n) is 1.57. The first kappa shape index (κ1) is 17.5. The second kappa shape index (κ2) is 5.32. The summed E-state index contributed by atoms with van der Waals surface area (Å²) in [6.07, 6.45) is 0. The van der Waals surface area contributed by atoms with Crippen molar-refractivity contribution in [2.75, 3.05) is 0 Å². The summed E-state index contributed by atoms with van der Waals surface area (Å²) in [5, 5.41) is 0. The van der Waals surface area contributed by atoms with Crippen molar-refractivity contribution in [1.82, 2.24) is 0 Å². The zero-order valence-electron chi connectivity index (χ0n) is 11.9. The van der Waals surface area contributed by atoms with Crippen molar-refractivity contribution in [3.63, 3.8) is 0 Å². The minimum absolute atomic E-state index is 0.197. The van der Waals surface area contributed by atoms with E-state index in [4.69, 9.17) is 0 Å². The number of halogens is 3. The normalized spacial score (nSPS) is 13.1. The molecule has 0 spiro atoms. The van der Waals surface area contributed by atoms with Crippen LogP contribution in [-0.2, 0) is 15.5 Å². The van der Waals surface area contributed by atoms with E-state index < -0.39 is 26.8 Å². The second-order valence-corrected chi connectivity index (χ2v) is 7.04. The topological polar surface area (TPSA) is 60.4 Å². The average molecular weight is 324 g/mol. The van der Waals surface area contributed by atoms with Crippen molar-refractivity contribution in [3.8, 4) is 5.75 Å². The Morgan fingerprint density at radius 3 is 2.05 bits per heavy atom. The molecule has 0 heterocycles. The van der Waals surface area contributed by atoms with Gasteiger partial charge in [0.15, 0.2) is 5.78 Å². The zero-order chi connectivity index (χ0) is 16.6. The van der Waals surface area contributed by atoms with E-state index >= 15 is 0 Å². The van der Waals surface area contributed by atoms with E-state index in [9.17, 15) is 26.4 Å². The number of hydrogen-bond donors (Lipinski definition) is 0. The molecule has 0 aliphatic rings. The first-order chi connectivity index (χ1) is 9.25. The standard InChI is InChI=1S/C13H15F3O4S/c1-8(17)9-5-6-11(10(7-9)12(2,3)4)20-21(18,19)13(14,15)16/h5-7H,1-4H3. The summed E-state index contributed by atoms with van der Waals surface area (Å²) < 4.78 is 63.6. The van der Waals surface area contributed by atoms with Crippen molar-refractivity contribution >= 4 is 15.9 Å². The lowest BCUT2D eigenvalue weighted by Crippen LogP contribution is -2.29. The highest BCUT2D eigenvalue weighted by molar-refractivity contribution is 7.88. The minimum atomic E-state index is -5.75. The van der Waals surface area contributed by atoms with E-state index in [1.165, 1.54) is 19.1 Å². The summed E-state index contributed by atoms with van der Waals surface area (Å²) in [7, 11) is -5.75. The molecular formula is C13H15F3O4S. The second-order valence-electron chi connectivity index (χ2n) is 5.50. The maximum absolute atomic E-state index is 12.4. The Balaban J connectivity index is 3.41. The summed E-state index contributed by atoms with van der Waals surface area (Å²) in [6.45, 7) is 6.30. The summed E-state index contributed by atoms with van der Waals surface area (Å²) in [5.41, 5.74) is -5.76. The first-order valence-electron chi connectivity index (χ1n) is 5.92. The van der Waals surface area contributed by atoms with E-state index in [0.29, 0.717) is 0 Å². The number of carbonyl (C=O) groups excluding carboxylic acids is 1. The van der Waals surface area contributed by atoms with E-state index in [-0.39, 0.29) is 16.9 Å². The summed E-state index contributed by atoms with van der Waals surface area (Å²) in [5.74, 6) is -0.726. The van der Waals surface area contributed by atoms with Gasteiger partial charge < -0.3 is 4.18 Å². The molecule has 0 radical (unpaired) electrons. The fourth-order valence-corrected chi connectivity index (χ4v) is 2.05. The van der Waals surface area contributed by atoms with Crippen molar-refractivity contribution in [1.29, 1.82) is 0 Å². The highest BCUT2D eigenvalue weighted by atomic mass is 32.2. The van der Waals surface area contributed by atoms with Crippen molar-refractivity contribution < 1.29 is 30.6 Å². The first-order valence-corrected chi connectivity index (χ1v) is 7.33. The van der Waals surface area contributed by atoms with Crippen LogP contribution in [0, 0.1) is 0 Å². The van der Waals surface area contributed by atoms with Crippen LogP contribution in [0.15, 0.2) is 18.2 Å². The molecular weight excluding hydrogens is 309 g/mol. The van der Waals surface area contributed by atoms with Crippen LogP contribution in [0.25, 0.3) is 0 Å². The monoisotopic (exact) mass is 324 g/mol. The highest BCUT2D eigenvalue weighted by Crippen LogP contribution is 2.35. The van der Waals surface area contributed by atoms with Gasteiger partial charge in [-0.05, 0) is 30.5 Å². The number of Topliss-reactive ketones (excluding diaryl/α,β-unsaturated/α-hetero) is 1. The van der Waals surface area contributed by atoms with Gasteiger partial charge in [-0.1, -0.05) is 20.8 Å². The Morgan fingerprint density at radius 2 is 1.67 bits per heavy atom. The van der Waals surface area contributed by atoms with Crippen molar-refractivity contribution in [2.45, 2.75) is 38.6 Å². The van der Waals surface area contributed by atoms with Crippen LogP contribution in [0.5, 0.6) is 5.75 Å². The lowest BCUT2D eigenvalue weighted by Gasteiger charge is -2.23. The van der Waals surface area contributed by atoms with E-state index in [0.717, 1.165) is 6.07 Å². The van der Waals surface area contributed by atoms with Crippen LogP contribution in [0.3, 0.4) is 0 Å².